The molecule has 0 saturated carbocycles. The van der Waals surface area contributed by atoms with Crippen LogP contribution in [0.15, 0.2) is 18.2 Å². The fourth-order valence-electron chi connectivity index (χ4n) is 0.839. The van der Waals surface area contributed by atoms with Crippen molar-refractivity contribution in [2.45, 2.75) is 12.2 Å². The van der Waals surface area contributed by atoms with Crippen molar-refractivity contribution in [1.82, 2.24) is 0 Å². The molecule has 0 aromatic heterocycles. The summed E-state index contributed by atoms with van der Waals surface area (Å²) in [5, 5.41) is 1.14. The molecule has 0 bridgehead atoms. The third-order valence-electron chi connectivity index (χ3n) is 1.46. The Balaban J connectivity index is 2.75. The van der Waals surface area contributed by atoms with Gasteiger partial charge in [-0.05, 0) is 12.1 Å². The summed E-state index contributed by atoms with van der Waals surface area (Å²) in [7, 11) is 0. The lowest BCUT2D eigenvalue weighted by Gasteiger charge is -2.09. The maximum Gasteiger partial charge on any atom is 0.151 e. The zero-order valence-corrected chi connectivity index (χ0v) is 9.11. The van der Waals surface area contributed by atoms with Gasteiger partial charge in [-0.15, -0.1) is 12.6 Å². The molecule has 2 N–H and O–H groups in total. The normalized spacial score (nSPS) is 12.9. The fraction of sp³-hybridized carbons (Fsp3) is 0.250. The van der Waals surface area contributed by atoms with Gasteiger partial charge in [0.2, 0.25) is 0 Å². The van der Waals surface area contributed by atoms with E-state index in [1.807, 2.05) is 0 Å². The number of benzene rings is 1. The van der Waals surface area contributed by atoms with Crippen LogP contribution >= 0.6 is 35.8 Å². The summed E-state index contributed by atoms with van der Waals surface area (Å²) in [5.74, 6) is 0. The van der Waals surface area contributed by atoms with E-state index in [9.17, 15) is 0 Å². The number of hydrogen-bond acceptors (Lipinski definition) is 3. The first-order chi connectivity index (χ1) is 6.11. The second-order valence-corrected chi connectivity index (χ2v) is 3.73. The monoisotopic (exact) mass is 237 g/mol. The molecule has 1 aromatic carbocycles. The highest BCUT2D eigenvalue weighted by molar-refractivity contribution is 7.80. The molecule has 0 aliphatic rings. The molecule has 0 heterocycles. The van der Waals surface area contributed by atoms with E-state index >= 15 is 0 Å². The summed E-state index contributed by atoms with van der Waals surface area (Å²) in [6.07, 6.45) is 0. The van der Waals surface area contributed by atoms with Gasteiger partial charge in [0.1, 0.15) is 0 Å². The van der Waals surface area contributed by atoms with Gasteiger partial charge in [-0.3, -0.25) is 5.73 Å². The molecular weight excluding hydrogens is 229 g/mol. The highest BCUT2D eigenvalue weighted by Crippen LogP contribution is 2.25. The lowest BCUT2D eigenvalue weighted by atomic mass is 10.2. The minimum absolute atomic E-state index is 0.267. The smallest absolute Gasteiger partial charge is 0.151 e. The molecule has 1 rings (SSSR count). The molecule has 0 aliphatic heterocycles. The Morgan fingerprint density at radius 3 is 2.38 bits per heavy atom. The average Bonchev–Trinajstić information content (AvgIpc) is 2.03. The summed E-state index contributed by atoms with van der Waals surface area (Å²) in [6, 6.07) is 5.27. The number of ether oxygens (including phenoxy) is 1. The number of halogens is 2. The molecule has 72 valence electrons. The van der Waals surface area contributed by atoms with Crippen molar-refractivity contribution in [2.24, 2.45) is 5.73 Å². The lowest BCUT2D eigenvalue weighted by Crippen LogP contribution is -2.16. The maximum absolute atomic E-state index is 5.88. The van der Waals surface area contributed by atoms with Gasteiger partial charge in [-0.1, -0.05) is 29.3 Å². The largest absolute Gasteiger partial charge is 0.350 e. The zero-order valence-electron chi connectivity index (χ0n) is 6.71. The summed E-state index contributed by atoms with van der Waals surface area (Å²) in [4.78, 5) is 0. The molecular formula is C8H9Cl2NOS. The van der Waals surface area contributed by atoms with Crippen LogP contribution in [0.25, 0.3) is 0 Å². The molecule has 13 heavy (non-hydrogen) atoms. The zero-order chi connectivity index (χ0) is 9.84. The Bertz CT molecular complexity index is 273. The van der Waals surface area contributed by atoms with Crippen LogP contribution in [0.2, 0.25) is 10.0 Å². The van der Waals surface area contributed by atoms with Crippen LogP contribution in [0.4, 0.5) is 0 Å². The summed E-state index contributed by atoms with van der Waals surface area (Å²) in [5.41, 5.74) is 5.41. The van der Waals surface area contributed by atoms with Crippen molar-refractivity contribution < 1.29 is 4.74 Å². The van der Waals surface area contributed by atoms with Crippen molar-refractivity contribution >= 4 is 35.8 Å². The third kappa shape index (κ3) is 3.37. The molecule has 0 aliphatic carbocycles. The number of thiol groups is 1. The van der Waals surface area contributed by atoms with E-state index in [0.29, 0.717) is 10.0 Å². The summed E-state index contributed by atoms with van der Waals surface area (Å²) in [6.45, 7) is 0.267. The van der Waals surface area contributed by atoms with Crippen molar-refractivity contribution in [3.8, 4) is 0 Å². The van der Waals surface area contributed by atoms with Crippen molar-refractivity contribution in [3.05, 3.63) is 33.8 Å². The molecule has 2 nitrogen and oxygen atoms in total. The second-order valence-electron chi connectivity index (χ2n) is 2.40. The quantitative estimate of drug-likeness (QED) is 0.627. The van der Waals surface area contributed by atoms with E-state index in [0.717, 1.165) is 5.56 Å². The first-order valence-corrected chi connectivity index (χ1v) is 4.86. The van der Waals surface area contributed by atoms with Crippen molar-refractivity contribution in [2.75, 3.05) is 0 Å². The first kappa shape index (κ1) is 11.1. The summed E-state index contributed by atoms with van der Waals surface area (Å²) >= 11 is 15.6. The molecule has 1 atom stereocenters. The predicted molar refractivity (Wildman–Crippen MR) is 58.2 cm³/mol. The van der Waals surface area contributed by atoms with Crippen molar-refractivity contribution in [3.63, 3.8) is 0 Å². The van der Waals surface area contributed by atoms with Crippen LogP contribution in [-0.4, -0.2) is 5.56 Å². The fourth-order valence-corrected chi connectivity index (χ4v) is 1.42. The molecule has 0 unspecified atom stereocenters. The highest BCUT2D eigenvalue weighted by atomic mass is 35.5. The Hall–Kier alpha value is 0.0700. The average molecular weight is 238 g/mol. The van der Waals surface area contributed by atoms with Gasteiger partial charge in [-0.25, -0.2) is 0 Å². The van der Waals surface area contributed by atoms with E-state index in [1.54, 1.807) is 18.2 Å². The Kier molecular flexibility index (Phi) is 4.35. The highest BCUT2D eigenvalue weighted by Gasteiger charge is 2.06. The topological polar surface area (TPSA) is 35.2 Å². The van der Waals surface area contributed by atoms with Crippen LogP contribution in [0.3, 0.4) is 0 Å². The van der Waals surface area contributed by atoms with Crippen LogP contribution in [0.1, 0.15) is 5.56 Å². The van der Waals surface area contributed by atoms with Gasteiger partial charge in [0.05, 0.1) is 6.61 Å². The molecule has 0 saturated heterocycles. The summed E-state index contributed by atoms with van der Waals surface area (Å²) < 4.78 is 5.06. The van der Waals surface area contributed by atoms with Gasteiger partial charge in [0.15, 0.2) is 5.56 Å². The van der Waals surface area contributed by atoms with Crippen LogP contribution < -0.4 is 5.73 Å². The van der Waals surface area contributed by atoms with E-state index in [4.69, 9.17) is 33.7 Å². The number of hydrogen-bond donors (Lipinski definition) is 2. The number of rotatable bonds is 3. The maximum atomic E-state index is 5.88. The minimum Gasteiger partial charge on any atom is -0.350 e. The Morgan fingerprint density at radius 2 is 1.92 bits per heavy atom. The van der Waals surface area contributed by atoms with Gasteiger partial charge < -0.3 is 4.74 Å². The Labute approximate surface area is 92.4 Å². The third-order valence-corrected chi connectivity index (χ3v) is 2.32. The molecule has 0 radical (unpaired) electrons. The first-order valence-electron chi connectivity index (χ1n) is 3.59. The van der Waals surface area contributed by atoms with Crippen LogP contribution in [0, 0.1) is 0 Å². The minimum atomic E-state index is -0.618. The van der Waals surface area contributed by atoms with Gasteiger partial charge in [0, 0.05) is 15.6 Å². The molecule has 0 amide bonds. The Morgan fingerprint density at radius 1 is 1.38 bits per heavy atom. The molecule has 0 fully saturated rings. The standard InChI is InChI=1S/C8H9Cl2NOS/c9-6-2-1-3-7(10)5(6)4-12-8(11)13/h1-3,8,13H,4,11H2/t8-/m1/s1. The van der Waals surface area contributed by atoms with E-state index in [-0.39, 0.29) is 6.61 Å². The molecule has 1 aromatic rings. The van der Waals surface area contributed by atoms with E-state index in [2.05, 4.69) is 12.6 Å². The predicted octanol–water partition coefficient (Wildman–Crippen LogP) is 2.68. The van der Waals surface area contributed by atoms with Gasteiger partial charge >= 0.3 is 0 Å². The van der Waals surface area contributed by atoms with Crippen LogP contribution in [-0.2, 0) is 11.3 Å². The molecule has 0 spiro atoms. The van der Waals surface area contributed by atoms with Gasteiger partial charge in [0.25, 0.3) is 0 Å². The van der Waals surface area contributed by atoms with E-state index < -0.39 is 5.56 Å². The molecule has 5 heteroatoms. The van der Waals surface area contributed by atoms with Gasteiger partial charge in [-0.2, -0.15) is 0 Å². The van der Waals surface area contributed by atoms with Crippen LogP contribution in [0.5, 0.6) is 0 Å². The van der Waals surface area contributed by atoms with Crippen molar-refractivity contribution in [1.29, 1.82) is 0 Å². The second kappa shape index (κ2) is 5.08. The lowest BCUT2D eigenvalue weighted by molar-refractivity contribution is 0.105. The SMILES string of the molecule is N[C@@H](S)OCc1c(Cl)cccc1Cl. The number of nitrogens with two attached hydrogens (primary N) is 1. The van der Waals surface area contributed by atoms with E-state index in [1.165, 1.54) is 0 Å².